The van der Waals surface area contributed by atoms with Crippen molar-refractivity contribution in [2.75, 3.05) is 5.32 Å². The summed E-state index contributed by atoms with van der Waals surface area (Å²) in [6, 6.07) is 8.21. The molecule has 0 saturated heterocycles. The van der Waals surface area contributed by atoms with E-state index in [0.717, 1.165) is 5.56 Å². The van der Waals surface area contributed by atoms with Gasteiger partial charge >= 0.3 is 0 Å². The van der Waals surface area contributed by atoms with Gasteiger partial charge in [-0.15, -0.1) is 0 Å². The molecule has 0 unspecified atom stereocenters. The molecule has 1 heterocycles. The lowest BCUT2D eigenvalue weighted by molar-refractivity contribution is -0.115. The Labute approximate surface area is 157 Å². The van der Waals surface area contributed by atoms with Gasteiger partial charge in [-0.05, 0) is 17.2 Å². The number of hydrogen-bond donors (Lipinski definition) is 2. The lowest BCUT2D eigenvalue weighted by atomic mass is 10.1. The first-order chi connectivity index (χ1) is 13.4. The summed E-state index contributed by atoms with van der Waals surface area (Å²) in [5.41, 5.74) is 1.22. The number of amides is 1. The second-order valence-electron chi connectivity index (χ2n) is 5.86. The van der Waals surface area contributed by atoms with E-state index in [0.29, 0.717) is 17.7 Å². The molecule has 28 heavy (non-hydrogen) atoms. The number of aromatic amines is 1. The Morgan fingerprint density at radius 3 is 2.36 bits per heavy atom. The normalized spacial score (nSPS) is 11.0. The molecule has 0 fully saturated rings. The first kappa shape index (κ1) is 19.1. The number of nitrogens with zero attached hydrogens (tertiary/aromatic N) is 1. The van der Waals surface area contributed by atoms with Gasteiger partial charge in [0.2, 0.25) is 11.7 Å². The van der Waals surface area contributed by atoms with Gasteiger partial charge in [-0.1, -0.05) is 30.3 Å². The summed E-state index contributed by atoms with van der Waals surface area (Å²) < 4.78 is 39.3. The quantitative estimate of drug-likeness (QED) is 0.384. The van der Waals surface area contributed by atoms with Crippen molar-refractivity contribution in [3.8, 4) is 0 Å². The molecule has 0 radical (unpaired) electrons. The van der Waals surface area contributed by atoms with E-state index in [1.165, 1.54) is 12.3 Å². The molecule has 0 aliphatic rings. The Balaban J connectivity index is 1.59. The second-order valence-corrected chi connectivity index (χ2v) is 5.86. The molecular weight excluding hydrogens is 371 g/mol. The number of benzene rings is 2. The zero-order chi connectivity index (χ0) is 20.1. The maximum absolute atomic E-state index is 13.2. The van der Waals surface area contributed by atoms with Crippen molar-refractivity contribution in [2.24, 2.45) is 0 Å². The van der Waals surface area contributed by atoms with E-state index in [1.807, 2.05) is 0 Å². The van der Waals surface area contributed by atoms with Crippen LogP contribution in [0.3, 0.4) is 0 Å². The minimum Gasteiger partial charge on any atom is -0.342 e. The van der Waals surface area contributed by atoms with Gasteiger partial charge in [0.1, 0.15) is 0 Å². The lowest BCUT2D eigenvalue weighted by Gasteiger charge is -2.07. The molecule has 5 nitrogen and oxygen atoms in total. The van der Waals surface area contributed by atoms with E-state index >= 15 is 0 Å². The van der Waals surface area contributed by atoms with Crippen molar-refractivity contribution < 1.29 is 22.8 Å². The molecule has 1 aromatic heterocycles. The molecule has 0 bridgehead atoms. The van der Waals surface area contributed by atoms with Crippen LogP contribution in [0.2, 0.25) is 0 Å². The van der Waals surface area contributed by atoms with Crippen molar-refractivity contribution in [3.63, 3.8) is 0 Å². The number of hydrogen-bond acceptors (Lipinski definition) is 3. The molecule has 0 atom stereocenters. The van der Waals surface area contributed by atoms with Gasteiger partial charge in [-0.25, -0.2) is 18.2 Å². The highest BCUT2D eigenvalue weighted by Gasteiger charge is 2.12. The minimum absolute atomic E-state index is 0.0457. The second kappa shape index (κ2) is 8.34. The molecular formula is C20H14F3N3O2. The summed E-state index contributed by atoms with van der Waals surface area (Å²) in [6.45, 7) is 0. The van der Waals surface area contributed by atoms with E-state index in [9.17, 15) is 22.8 Å². The third-order valence-corrected chi connectivity index (χ3v) is 3.77. The topological polar surface area (TPSA) is 74.8 Å². The van der Waals surface area contributed by atoms with Crippen molar-refractivity contribution >= 4 is 23.5 Å². The highest BCUT2D eigenvalue weighted by atomic mass is 19.2. The number of rotatable bonds is 6. The van der Waals surface area contributed by atoms with Gasteiger partial charge in [-0.2, -0.15) is 0 Å². The van der Waals surface area contributed by atoms with Crippen LogP contribution in [-0.2, 0) is 11.2 Å². The standard InChI is InChI=1S/C20H14F3N3O2/c21-15-10-14(11-16(22)19(15)23)26-18(28)9-13-3-1-12(2-4-13)5-6-17(27)20-24-7-8-25-20/h1-8,10-11H,9H2,(H,24,25)(H,26,28). The van der Waals surface area contributed by atoms with Crippen molar-refractivity contribution in [1.82, 2.24) is 9.97 Å². The summed E-state index contributed by atoms with van der Waals surface area (Å²) >= 11 is 0. The van der Waals surface area contributed by atoms with Gasteiger partial charge in [0.05, 0.1) is 6.42 Å². The third-order valence-electron chi connectivity index (χ3n) is 3.77. The van der Waals surface area contributed by atoms with Gasteiger partial charge in [-0.3, -0.25) is 9.59 Å². The third kappa shape index (κ3) is 4.73. The number of allylic oxidation sites excluding steroid dienone is 1. The van der Waals surface area contributed by atoms with Crippen LogP contribution in [0.15, 0.2) is 54.9 Å². The van der Waals surface area contributed by atoms with Gasteiger partial charge in [0, 0.05) is 30.2 Å². The maximum Gasteiger partial charge on any atom is 0.228 e. The molecule has 3 aromatic rings. The smallest absolute Gasteiger partial charge is 0.228 e. The number of nitrogens with one attached hydrogen (secondary N) is 2. The van der Waals surface area contributed by atoms with Crippen molar-refractivity contribution in [1.29, 1.82) is 0 Å². The molecule has 8 heteroatoms. The maximum atomic E-state index is 13.2. The zero-order valence-corrected chi connectivity index (χ0v) is 14.4. The number of ketones is 1. The number of carbonyl (C=O) groups is 2. The Morgan fingerprint density at radius 1 is 1.07 bits per heavy atom. The van der Waals surface area contributed by atoms with Crippen LogP contribution < -0.4 is 5.32 Å². The number of anilines is 1. The molecule has 1 amide bonds. The van der Waals surface area contributed by atoms with E-state index < -0.39 is 23.4 Å². The first-order valence-corrected chi connectivity index (χ1v) is 8.17. The fraction of sp³-hybridized carbons (Fsp3) is 0.0500. The largest absolute Gasteiger partial charge is 0.342 e. The molecule has 0 spiro atoms. The average Bonchev–Trinajstić information content (AvgIpc) is 3.20. The van der Waals surface area contributed by atoms with Crippen LogP contribution in [0.25, 0.3) is 6.08 Å². The molecule has 0 aliphatic heterocycles. The number of H-pyrrole nitrogens is 1. The molecule has 2 aromatic carbocycles. The monoisotopic (exact) mass is 385 g/mol. The van der Waals surface area contributed by atoms with E-state index in [4.69, 9.17) is 0 Å². The molecule has 0 aliphatic carbocycles. The Morgan fingerprint density at radius 2 is 1.75 bits per heavy atom. The number of carbonyl (C=O) groups excluding carboxylic acids is 2. The minimum atomic E-state index is -1.59. The average molecular weight is 385 g/mol. The predicted octanol–water partition coefficient (Wildman–Crippen LogP) is 3.90. The summed E-state index contributed by atoms with van der Waals surface area (Å²) in [5.74, 6) is -4.90. The van der Waals surface area contributed by atoms with Gasteiger partial charge in [0.25, 0.3) is 0 Å². The fourth-order valence-corrected chi connectivity index (χ4v) is 2.42. The SMILES string of the molecule is O=C(Cc1ccc(C=CC(=O)c2ncc[nH]2)cc1)Nc1cc(F)c(F)c(F)c1. The van der Waals surface area contributed by atoms with Gasteiger partial charge < -0.3 is 10.3 Å². The van der Waals surface area contributed by atoms with E-state index in [2.05, 4.69) is 15.3 Å². The van der Waals surface area contributed by atoms with Gasteiger partial charge in [0.15, 0.2) is 23.3 Å². The lowest BCUT2D eigenvalue weighted by Crippen LogP contribution is -2.15. The number of halogens is 3. The van der Waals surface area contributed by atoms with Crippen LogP contribution >= 0.6 is 0 Å². The van der Waals surface area contributed by atoms with E-state index in [-0.39, 0.29) is 23.7 Å². The van der Waals surface area contributed by atoms with Crippen LogP contribution in [0, 0.1) is 17.5 Å². The highest BCUT2D eigenvalue weighted by Crippen LogP contribution is 2.17. The molecule has 0 saturated carbocycles. The summed E-state index contributed by atoms with van der Waals surface area (Å²) in [5, 5.41) is 2.31. The Bertz CT molecular complexity index is 1010. The number of aromatic nitrogens is 2. The highest BCUT2D eigenvalue weighted by molar-refractivity contribution is 6.04. The molecule has 142 valence electrons. The zero-order valence-electron chi connectivity index (χ0n) is 14.4. The van der Waals surface area contributed by atoms with E-state index in [1.54, 1.807) is 36.5 Å². The Kier molecular flexibility index (Phi) is 5.69. The molecule has 2 N–H and O–H groups in total. The predicted molar refractivity (Wildman–Crippen MR) is 97.0 cm³/mol. The van der Waals surface area contributed by atoms with Crippen LogP contribution in [-0.4, -0.2) is 21.7 Å². The summed E-state index contributed by atoms with van der Waals surface area (Å²) in [7, 11) is 0. The summed E-state index contributed by atoms with van der Waals surface area (Å²) in [6.07, 6.45) is 5.97. The fourth-order valence-electron chi connectivity index (χ4n) is 2.42. The Hall–Kier alpha value is -3.68. The molecule has 3 rings (SSSR count). The number of imidazole rings is 1. The van der Waals surface area contributed by atoms with Crippen LogP contribution in [0.1, 0.15) is 21.7 Å². The first-order valence-electron chi connectivity index (χ1n) is 8.17. The summed E-state index contributed by atoms with van der Waals surface area (Å²) in [4.78, 5) is 30.4. The van der Waals surface area contributed by atoms with Crippen LogP contribution in [0.5, 0.6) is 0 Å². The van der Waals surface area contributed by atoms with Crippen LogP contribution in [0.4, 0.5) is 18.9 Å². The van der Waals surface area contributed by atoms with Crippen molar-refractivity contribution in [2.45, 2.75) is 6.42 Å². The van der Waals surface area contributed by atoms with Crippen molar-refractivity contribution in [3.05, 3.63) is 89.3 Å².